The number of hydrogen-bond acceptors (Lipinski definition) is 4. The highest BCUT2D eigenvalue weighted by Crippen LogP contribution is 2.42. The molecule has 1 amide bonds. The predicted octanol–water partition coefficient (Wildman–Crippen LogP) is 4.98. The molecule has 2 rings (SSSR count). The monoisotopic (exact) mass is 424 g/mol. The van der Waals surface area contributed by atoms with E-state index in [0.717, 1.165) is 24.8 Å². The number of anilines is 1. The largest absolute Gasteiger partial charge is 0.431 e. The van der Waals surface area contributed by atoms with Crippen molar-refractivity contribution in [3.63, 3.8) is 0 Å². The summed E-state index contributed by atoms with van der Waals surface area (Å²) >= 11 is 1.08. The molecule has 0 radical (unpaired) electrons. The van der Waals surface area contributed by atoms with Crippen LogP contribution in [0.5, 0.6) is 0 Å². The normalized spacial score (nSPS) is 19.6. The third kappa shape index (κ3) is 4.52. The first-order valence-corrected chi connectivity index (χ1v) is 8.78. The number of alkyl halides is 6. The number of thioether (sulfide) groups is 1. The number of carbonyl (C=O) groups is 1. The quantitative estimate of drug-likeness (QED) is 0.407. The van der Waals surface area contributed by atoms with Crippen LogP contribution in [0.15, 0.2) is 22.1 Å². The van der Waals surface area contributed by atoms with Crippen molar-refractivity contribution in [2.75, 3.05) is 11.1 Å². The number of nitrogens with zero attached hydrogens (tertiary/aromatic N) is 2. The molecule has 1 aliphatic rings. The third-order valence-electron chi connectivity index (χ3n) is 3.86. The number of halogens is 6. The van der Waals surface area contributed by atoms with Crippen LogP contribution < -0.4 is 10.7 Å². The minimum absolute atomic E-state index is 0.202. The lowest BCUT2D eigenvalue weighted by Gasteiger charge is -2.24. The Hall–Kier alpha value is -2.42. The fourth-order valence-corrected chi connectivity index (χ4v) is 3.19. The number of carbonyl (C=O) groups excluding carboxylic acids is 1. The average Bonchev–Trinajstić information content (AvgIpc) is 2.99. The second kappa shape index (κ2) is 7.54. The lowest BCUT2D eigenvalue weighted by Crippen LogP contribution is -2.48. The van der Waals surface area contributed by atoms with Gasteiger partial charge in [0.2, 0.25) is 5.69 Å². The van der Waals surface area contributed by atoms with Gasteiger partial charge in [0.05, 0.1) is 17.8 Å². The number of nitrogens with one attached hydrogen (secondary N) is 2. The molecule has 28 heavy (non-hydrogen) atoms. The van der Waals surface area contributed by atoms with Crippen LogP contribution in [0.25, 0.3) is 4.85 Å². The van der Waals surface area contributed by atoms with Crippen molar-refractivity contribution in [1.82, 2.24) is 5.43 Å². The smallest absolute Gasteiger partial charge is 0.323 e. The lowest BCUT2D eigenvalue weighted by atomic mass is 9.95. The summed E-state index contributed by atoms with van der Waals surface area (Å²) in [6.07, 6.45) is -10.3. The zero-order valence-electron chi connectivity index (χ0n) is 14.5. The van der Waals surface area contributed by atoms with E-state index in [1.54, 1.807) is 6.92 Å². The van der Waals surface area contributed by atoms with Crippen molar-refractivity contribution in [2.45, 2.75) is 43.1 Å². The molecular weight excluding hydrogens is 410 g/mol. The maximum Gasteiger partial charge on any atom is 0.431 e. The van der Waals surface area contributed by atoms with Crippen LogP contribution in [0.2, 0.25) is 0 Å². The summed E-state index contributed by atoms with van der Waals surface area (Å²) in [6.45, 7) is 9.83. The summed E-state index contributed by atoms with van der Waals surface area (Å²) < 4.78 is 77.9. The fraction of sp³-hybridized carbons (Fsp3) is 0.438. The summed E-state index contributed by atoms with van der Waals surface area (Å²) in [6, 6.07) is 1.62. The molecule has 1 aliphatic heterocycles. The third-order valence-corrected chi connectivity index (χ3v) is 4.80. The van der Waals surface area contributed by atoms with Gasteiger partial charge in [0.1, 0.15) is 11.3 Å². The highest BCUT2D eigenvalue weighted by molar-refractivity contribution is 7.99. The van der Waals surface area contributed by atoms with Crippen LogP contribution in [-0.2, 0) is 11.0 Å². The van der Waals surface area contributed by atoms with Gasteiger partial charge in [-0.1, -0.05) is 6.92 Å². The summed E-state index contributed by atoms with van der Waals surface area (Å²) in [5.41, 5.74) is -2.97. The Balaban J connectivity index is 2.37. The molecule has 0 aliphatic carbocycles. The lowest BCUT2D eigenvalue weighted by molar-refractivity contribution is -0.137. The Kier molecular flexibility index (Phi) is 5.89. The van der Waals surface area contributed by atoms with E-state index in [4.69, 9.17) is 6.57 Å². The highest BCUT2D eigenvalue weighted by Gasteiger charge is 2.48. The van der Waals surface area contributed by atoms with E-state index in [1.807, 2.05) is 0 Å². The van der Waals surface area contributed by atoms with E-state index in [0.29, 0.717) is 11.8 Å². The van der Waals surface area contributed by atoms with Crippen LogP contribution in [-0.4, -0.2) is 29.1 Å². The standard InChI is InChI=1S/C16H14F6N4OS/c1-4-28-11-6-9(23-3)8(15(17,18)19)5-10(11)24-13(27)14(2)7-12(25-26-14)16(20,21)22/h5-6,26H,4,7H2,1-2H3,(H,24,27). The van der Waals surface area contributed by atoms with Crippen LogP contribution in [0, 0.1) is 6.57 Å². The Morgan fingerprint density at radius 3 is 2.43 bits per heavy atom. The Bertz CT molecular complexity index is 858. The number of hydrazone groups is 1. The van der Waals surface area contributed by atoms with Gasteiger partial charge in [-0.25, -0.2) is 4.85 Å². The van der Waals surface area contributed by atoms with E-state index >= 15 is 0 Å². The molecule has 0 bridgehead atoms. The van der Waals surface area contributed by atoms with Gasteiger partial charge >= 0.3 is 12.4 Å². The van der Waals surface area contributed by atoms with Crippen molar-refractivity contribution in [3.8, 4) is 0 Å². The van der Waals surface area contributed by atoms with Crippen molar-refractivity contribution in [3.05, 3.63) is 29.1 Å². The van der Waals surface area contributed by atoms with Gasteiger partial charge in [0.15, 0.2) is 0 Å². The van der Waals surface area contributed by atoms with E-state index in [9.17, 15) is 31.1 Å². The molecule has 5 nitrogen and oxygen atoms in total. The summed E-state index contributed by atoms with van der Waals surface area (Å²) in [7, 11) is 0. The minimum atomic E-state index is -4.84. The van der Waals surface area contributed by atoms with Gasteiger partial charge in [-0.2, -0.15) is 31.4 Å². The first kappa shape index (κ1) is 21.9. The average molecular weight is 424 g/mol. The van der Waals surface area contributed by atoms with Gasteiger partial charge in [0, 0.05) is 11.3 Å². The zero-order valence-corrected chi connectivity index (χ0v) is 15.4. The van der Waals surface area contributed by atoms with E-state index in [-0.39, 0.29) is 10.6 Å². The SMILES string of the molecule is [C-]#[N+]c1cc(SCC)c(NC(=O)C2(C)CC(C(F)(F)F)=NN2)cc1C(F)(F)F. The van der Waals surface area contributed by atoms with E-state index in [1.165, 1.54) is 0 Å². The molecule has 0 aromatic heterocycles. The Labute approximate surface area is 160 Å². The first-order valence-electron chi connectivity index (χ1n) is 7.79. The van der Waals surface area contributed by atoms with Crippen molar-refractivity contribution < 1.29 is 31.1 Å². The number of rotatable bonds is 4. The molecule has 0 spiro atoms. The number of hydrogen-bond donors (Lipinski definition) is 2. The molecule has 12 heteroatoms. The Morgan fingerprint density at radius 2 is 1.96 bits per heavy atom. The molecule has 0 saturated carbocycles. The van der Waals surface area contributed by atoms with Crippen LogP contribution >= 0.6 is 11.8 Å². The molecule has 0 fully saturated rings. The minimum Gasteiger partial charge on any atom is -0.323 e. The summed E-state index contributed by atoms with van der Waals surface area (Å²) in [4.78, 5) is 15.6. The predicted molar refractivity (Wildman–Crippen MR) is 92.4 cm³/mol. The second-order valence-electron chi connectivity index (χ2n) is 6.04. The topological polar surface area (TPSA) is 57.9 Å². The molecule has 1 heterocycles. The summed E-state index contributed by atoms with van der Waals surface area (Å²) in [5, 5.41) is 5.37. The fourth-order valence-electron chi connectivity index (χ4n) is 2.42. The van der Waals surface area contributed by atoms with Gasteiger partial charge in [-0.05, 0) is 24.8 Å². The van der Waals surface area contributed by atoms with Crippen molar-refractivity contribution in [1.29, 1.82) is 0 Å². The van der Waals surface area contributed by atoms with E-state index in [2.05, 4.69) is 20.7 Å². The van der Waals surface area contributed by atoms with Gasteiger partial charge in [-0.3, -0.25) is 10.2 Å². The van der Waals surface area contributed by atoms with Crippen molar-refractivity contribution >= 4 is 34.8 Å². The van der Waals surface area contributed by atoms with Crippen LogP contribution in [0.3, 0.4) is 0 Å². The van der Waals surface area contributed by atoms with E-state index < -0.39 is 47.2 Å². The first-order chi connectivity index (χ1) is 12.8. The van der Waals surface area contributed by atoms with Crippen LogP contribution in [0.1, 0.15) is 25.8 Å². The Morgan fingerprint density at radius 1 is 1.32 bits per heavy atom. The molecule has 1 aromatic carbocycles. The molecule has 2 N–H and O–H groups in total. The molecule has 152 valence electrons. The van der Waals surface area contributed by atoms with Gasteiger partial charge in [-0.15, -0.1) is 11.8 Å². The molecule has 1 unspecified atom stereocenters. The maximum atomic E-state index is 13.2. The maximum absolute atomic E-state index is 13.2. The van der Waals surface area contributed by atoms with Crippen LogP contribution in [0.4, 0.5) is 37.7 Å². The number of amides is 1. The number of benzene rings is 1. The molecule has 1 aromatic rings. The molecular formula is C16H14F6N4OS. The highest BCUT2D eigenvalue weighted by atomic mass is 32.2. The molecule has 0 saturated heterocycles. The second-order valence-corrected chi connectivity index (χ2v) is 7.35. The van der Waals surface area contributed by atoms with Gasteiger partial charge < -0.3 is 5.32 Å². The van der Waals surface area contributed by atoms with Gasteiger partial charge in [0.25, 0.3) is 5.91 Å². The molecule has 1 atom stereocenters. The zero-order chi connectivity index (χ0) is 21.3. The van der Waals surface area contributed by atoms with Crippen molar-refractivity contribution in [2.24, 2.45) is 5.10 Å². The summed E-state index contributed by atoms with van der Waals surface area (Å²) in [5.74, 6) is -0.542.